The molecule has 0 amide bonds. The van der Waals surface area contributed by atoms with E-state index < -0.39 is 5.97 Å². The zero-order valence-corrected chi connectivity index (χ0v) is 9.36. The van der Waals surface area contributed by atoms with E-state index in [0.29, 0.717) is 10.7 Å². The topological polar surface area (TPSA) is 101 Å². The van der Waals surface area contributed by atoms with Gasteiger partial charge in [-0.25, -0.2) is 0 Å². The zero-order valence-electron chi connectivity index (χ0n) is 8.61. The molecule has 0 atom stereocenters. The molecule has 0 heterocycles. The van der Waals surface area contributed by atoms with E-state index in [1.54, 1.807) is 6.07 Å². The Morgan fingerprint density at radius 1 is 1.44 bits per heavy atom. The fraction of sp³-hybridized carbons (Fsp3) is 0.200. The van der Waals surface area contributed by atoms with Gasteiger partial charge in [0.15, 0.2) is 0 Å². The molecule has 0 aliphatic rings. The maximum absolute atomic E-state index is 9.87. The van der Waals surface area contributed by atoms with Crippen LogP contribution in [0.2, 0.25) is 5.02 Å². The van der Waals surface area contributed by atoms with Crippen LogP contribution in [0.15, 0.2) is 18.2 Å². The lowest BCUT2D eigenvalue weighted by molar-refractivity contribution is -0.139. The molecule has 0 spiro atoms. The SMILES string of the molecule is CC(=O)CC(=O)O.Nc1cc(Cl)ccc1O. The highest BCUT2D eigenvalue weighted by Crippen LogP contribution is 2.22. The number of aromatic hydroxyl groups is 1. The third-order valence-corrected chi connectivity index (χ3v) is 1.62. The Balaban J connectivity index is 0.000000293. The van der Waals surface area contributed by atoms with Crippen molar-refractivity contribution in [3.8, 4) is 5.75 Å². The van der Waals surface area contributed by atoms with Crippen LogP contribution in [0.3, 0.4) is 0 Å². The number of nitrogens with two attached hydrogens (primary N) is 1. The fourth-order valence-electron chi connectivity index (χ4n) is 0.738. The van der Waals surface area contributed by atoms with Gasteiger partial charge in [-0.05, 0) is 25.1 Å². The van der Waals surface area contributed by atoms with Crippen LogP contribution in [0.1, 0.15) is 13.3 Å². The molecule has 88 valence electrons. The van der Waals surface area contributed by atoms with E-state index >= 15 is 0 Å². The molecule has 5 nitrogen and oxygen atoms in total. The summed E-state index contributed by atoms with van der Waals surface area (Å²) >= 11 is 5.53. The molecule has 0 aliphatic carbocycles. The Bertz CT molecular complexity index is 380. The monoisotopic (exact) mass is 245 g/mol. The van der Waals surface area contributed by atoms with Crippen molar-refractivity contribution in [1.29, 1.82) is 0 Å². The lowest BCUT2D eigenvalue weighted by Crippen LogP contribution is -2.00. The molecule has 1 aromatic carbocycles. The largest absolute Gasteiger partial charge is 0.506 e. The van der Waals surface area contributed by atoms with E-state index in [1.807, 2.05) is 0 Å². The molecule has 0 fully saturated rings. The number of halogens is 1. The number of phenolic OH excluding ortho intramolecular Hbond substituents is 1. The van der Waals surface area contributed by atoms with E-state index in [2.05, 4.69) is 0 Å². The number of nitrogen functional groups attached to an aromatic ring is 1. The summed E-state index contributed by atoms with van der Waals surface area (Å²) in [6, 6.07) is 4.53. The summed E-state index contributed by atoms with van der Waals surface area (Å²) in [5.41, 5.74) is 5.59. The summed E-state index contributed by atoms with van der Waals surface area (Å²) in [5, 5.41) is 17.3. The third kappa shape index (κ3) is 6.67. The van der Waals surface area contributed by atoms with Crippen LogP contribution < -0.4 is 5.73 Å². The number of carboxylic acids is 1. The molecule has 1 aromatic rings. The van der Waals surface area contributed by atoms with Crippen molar-refractivity contribution in [2.75, 3.05) is 5.73 Å². The van der Waals surface area contributed by atoms with Crippen molar-refractivity contribution >= 4 is 29.0 Å². The first-order valence-corrected chi connectivity index (χ1v) is 4.66. The van der Waals surface area contributed by atoms with Crippen LogP contribution in [-0.2, 0) is 9.59 Å². The van der Waals surface area contributed by atoms with Crippen LogP contribution in [0.25, 0.3) is 0 Å². The first-order valence-electron chi connectivity index (χ1n) is 4.28. The number of Topliss-reactive ketones (excluding diaryl/α,β-unsaturated/α-hetero) is 1. The van der Waals surface area contributed by atoms with Crippen molar-refractivity contribution < 1.29 is 19.8 Å². The second-order valence-electron chi connectivity index (χ2n) is 2.98. The first kappa shape index (κ1) is 14.2. The summed E-state index contributed by atoms with van der Waals surface area (Å²) in [4.78, 5) is 19.5. The van der Waals surface area contributed by atoms with Crippen LogP contribution in [0, 0.1) is 0 Å². The van der Waals surface area contributed by atoms with Gasteiger partial charge < -0.3 is 15.9 Å². The highest BCUT2D eigenvalue weighted by molar-refractivity contribution is 6.30. The number of carboxylic acid groups (broad SMARTS) is 1. The zero-order chi connectivity index (χ0) is 12.7. The molecule has 1 rings (SSSR count). The number of carbonyl (C=O) groups is 2. The standard InChI is InChI=1S/C6H6ClNO.C4H6O3/c7-4-1-2-6(9)5(8)3-4;1-3(5)2-4(6)7/h1-3,9H,8H2;2H2,1H3,(H,6,7). The molecule has 0 bridgehead atoms. The number of carbonyl (C=O) groups excluding carboxylic acids is 1. The molecule has 0 unspecified atom stereocenters. The first-order chi connectivity index (χ1) is 7.32. The molecule has 4 N–H and O–H groups in total. The molecule has 0 aromatic heterocycles. The van der Waals surface area contributed by atoms with Gasteiger partial charge in [-0.1, -0.05) is 11.6 Å². The molecule has 0 saturated carbocycles. The number of phenols is 1. The highest BCUT2D eigenvalue weighted by Gasteiger charge is 1.98. The van der Waals surface area contributed by atoms with Gasteiger partial charge in [0, 0.05) is 5.02 Å². The molecule has 16 heavy (non-hydrogen) atoms. The Labute approximate surface area is 97.5 Å². The minimum atomic E-state index is -1.06. The van der Waals surface area contributed by atoms with Gasteiger partial charge in [0.2, 0.25) is 0 Å². The maximum Gasteiger partial charge on any atom is 0.310 e. The molecule has 0 aliphatic heterocycles. The van der Waals surface area contributed by atoms with E-state index in [9.17, 15) is 9.59 Å². The number of aliphatic carboxylic acids is 1. The smallest absolute Gasteiger partial charge is 0.310 e. The number of rotatable bonds is 2. The van der Waals surface area contributed by atoms with E-state index in [4.69, 9.17) is 27.5 Å². The van der Waals surface area contributed by atoms with Crippen LogP contribution in [0.5, 0.6) is 5.75 Å². The molecular formula is C10H12ClNO4. The predicted octanol–water partition coefficient (Wildman–Crippen LogP) is 1.68. The van der Waals surface area contributed by atoms with Crippen molar-refractivity contribution in [2.24, 2.45) is 0 Å². The van der Waals surface area contributed by atoms with Gasteiger partial charge >= 0.3 is 5.97 Å². The second-order valence-corrected chi connectivity index (χ2v) is 3.41. The van der Waals surface area contributed by atoms with Crippen LogP contribution >= 0.6 is 11.6 Å². The molecular weight excluding hydrogens is 234 g/mol. The van der Waals surface area contributed by atoms with Crippen molar-refractivity contribution in [3.63, 3.8) is 0 Å². The predicted molar refractivity (Wildman–Crippen MR) is 60.5 cm³/mol. The number of hydrogen-bond donors (Lipinski definition) is 3. The van der Waals surface area contributed by atoms with E-state index in [0.717, 1.165) is 0 Å². The normalized spacial score (nSPS) is 8.88. The number of ketones is 1. The molecule has 6 heteroatoms. The van der Waals surface area contributed by atoms with Gasteiger partial charge in [0.1, 0.15) is 18.0 Å². The van der Waals surface area contributed by atoms with Gasteiger partial charge in [-0.2, -0.15) is 0 Å². The second kappa shape index (κ2) is 6.68. The maximum atomic E-state index is 9.87. The van der Waals surface area contributed by atoms with Crippen molar-refractivity contribution in [2.45, 2.75) is 13.3 Å². The molecule has 0 radical (unpaired) electrons. The molecule has 0 saturated heterocycles. The summed E-state index contributed by atoms with van der Waals surface area (Å²) in [6.45, 7) is 1.24. The van der Waals surface area contributed by atoms with Gasteiger partial charge in [0.25, 0.3) is 0 Å². The fourth-order valence-corrected chi connectivity index (χ4v) is 0.919. The Morgan fingerprint density at radius 2 is 2.00 bits per heavy atom. The van der Waals surface area contributed by atoms with Gasteiger partial charge in [0.05, 0.1) is 5.69 Å². The van der Waals surface area contributed by atoms with Gasteiger partial charge in [-0.3, -0.25) is 9.59 Å². The van der Waals surface area contributed by atoms with Gasteiger partial charge in [-0.15, -0.1) is 0 Å². The van der Waals surface area contributed by atoms with Crippen molar-refractivity contribution in [1.82, 2.24) is 0 Å². The number of anilines is 1. The van der Waals surface area contributed by atoms with Crippen molar-refractivity contribution in [3.05, 3.63) is 23.2 Å². The number of benzene rings is 1. The summed E-state index contributed by atoms with van der Waals surface area (Å²) in [6.07, 6.45) is -0.361. The summed E-state index contributed by atoms with van der Waals surface area (Å²) in [7, 11) is 0. The Morgan fingerprint density at radius 3 is 2.25 bits per heavy atom. The minimum absolute atomic E-state index is 0.0689. The summed E-state index contributed by atoms with van der Waals surface area (Å²) in [5.74, 6) is -1.31. The van der Waals surface area contributed by atoms with Crippen LogP contribution in [-0.4, -0.2) is 22.0 Å². The summed E-state index contributed by atoms with van der Waals surface area (Å²) < 4.78 is 0. The average molecular weight is 246 g/mol. The average Bonchev–Trinajstić information content (AvgIpc) is 2.10. The lowest BCUT2D eigenvalue weighted by Gasteiger charge is -1.95. The lowest BCUT2D eigenvalue weighted by atomic mass is 10.3. The van der Waals surface area contributed by atoms with E-state index in [1.165, 1.54) is 19.1 Å². The van der Waals surface area contributed by atoms with E-state index in [-0.39, 0.29) is 18.0 Å². The Hall–Kier alpha value is -1.75. The third-order valence-electron chi connectivity index (χ3n) is 1.39. The highest BCUT2D eigenvalue weighted by atomic mass is 35.5. The quantitative estimate of drug-likeness (QED) is 0.418. The number of hydrogen-bond acceptors (Lipinski definition) is 4. The Kier molecular flexibility index (Phi) is 5.95. The minimum Gasteiger partial charge on any atom is -0.506 e. The van der Waals surface area contributed by atoms with Crippen LogP contribution in [0.4, 0.5) is 5.69 Å².